The molecule has 1 aliphatic heterocycles. The summed E-state index contributed by atoms with van der Waals surface area (Å²) in [4.78, 5) is 0. The molecule has 1 aromatic rings. The van der Waals surface area contributed by atoms with Crippen molar-refractivity contribution in [2.24, 2.45) is 0 Å². The molecule has 1 aromatic carbocycles. The van der Waals surface area contributed by atoms with E-state index in [0.29, 0.717) is 24.9 Å². The van der Waals surface area contributed by atoms with E-state index in [4.69, 9.17) is 15.2 Å². The molecule has 3 N–H and O–H groups in total. The summed E-state index contributed by atoms with van der Waals surface area (Å²) in [6, 6.07) is 4.25. The molecule has 4 nitrogen and oxygen atoms in total. The van der Waals surface area contributed by atoms with Crippen LogP contribution in [0.25, 0.3) is 0 Å². The lowest BCUT2D eigenvalue weighted by Crippen LogP contribution is -2.20. The van der Waals surface area contributed by atoms with Crippen molar-refractivity contribution in [2.45, 2.75) is 39.2 Å². The maximum atomic E-state index is 6.05. The van der Waals surface area contributed by atoms with Crippen LogP contribution in [0.4, 0.5) is 11.4 Å². The second kappa shape index (κ2) is 5.85. The zero-order valence-corrected chi connectivity index (χ0v) is 11.2. The number of nitrogens with one attached hydrogen (secondary N) is 1. The monoisotopic (exact) mass is 250 g/mol. The largest absolute Gasteiger partial charge is 0.486 e. The maximum absolute atomic E-state index is 6.05. The Bertz CT molecular complexity index is 407. The minimum Gasteiger partial charge on any atom is -0.486 e. The minimum atomic E-state index is 0.458. The van der Waals surface area contributed by atoms with Gasteiger partial charge in [0.05, 0.1) is 11.4 Å². The number of benzene rings is 1. The van der Waals surface area contributed by atoms with Crippen molar-refractivity contribution in [1.82, 2.24) is 0 Å². The quantitative estimate of drug-likeness (QED) is 0.789. The zero-order valence-electron chi connectivity index (χ0n) is 11.2. The van der Waals surface area contributed by atoms with E-state index in [1.54, 1.807) is 0 Å². The van der Waals surface area contributed by atoms with Crippen molar-refractivity contribution in [1.29, 1.82) is 0 Å². The highest BCUT2D eigenvalue weighted by atomic mass is 16.6. The average molecular weight is 250 g/mol. The van der Waals surface area contributed by atoms with E-state index in [2.05, 4.69) is 19.2 Å². The first-order valence-electron chi connectivity index (χ1n) is 6.70. The molecule has 0 aromatic heterocycles. The van der Waals surface area contributed by atoms with Gasteiger partial charge in [-0.3, -0.25) is 0 Å². The van der Waals surface area contributed by atoms with Crippen LogP contribution in [0.1, 0.15) is 33.1 Å². The lowest BCUT2D eigenvalue weighted by Gasteiger charge is -2.23. The van der Waals surface area contributed by atoms with Crippen LogP contribution in [0.3, 0.4) is 0 Å². The van der Waals surface area contributed by atoms with Gasteiger partial charge in [-0.2, -0.15) is 0 Å². The Morgan fingerprint density at radius 1 is 1.22 bits per heavy atom. The van der Waals surface area contributed by atoms with Crippen molar-refractivity contribution >= 4 is 11.4 Å². The first kappa shape index (κ1) is 12.9. The molecule has 4 heteroatoms. The molecule has 0 fully saturated rings. The van der Waals surface area contributed by atoms with Crippen molar-refractivity contribution in [3.8, 4) is 11.5 Å². The molecule has 0 saturated heterocycles. The Morgan fingerprint density at radius 2 is 1.89 bits per heavy atom. The van der Waals surface area contributed by atoms with Crippen LogP contribution in [0.2, 0.25) is 0 Å². The van der Waals surface area contributed by atoms with Gasteiger partial charge < -0.3 is 20.5 Å². The molecule has 1 aliphatic rings. The van der Waals surface area contributed by atoms with Crippen molar-refractivity contribution in [3.63, 3.8) is 0 Å². The van der Waals surface area contributed by atoms with Gasteiger partial charge in [0.15, 0.2) is 11.5 Å². The predicted molar refractivity (Wildman–Crippen MR) is 74.5 cm³/mol. The number of ether oxygens (including phenoxy) is 2. The third-order valence-electron chi connectivity index (χ3n) is 3.20. The third kappa shape index (κ3) is 2.81. The molecule has 18 heavy (non-hydrogen) atoms. The van der Waals surface area contributed by atoms with Crippen LogP contribution in [0.5, 0.6) is 11.5 Å². The van der Waals surface area contributed by atoms with Gasteiger partial charge in [-0.25, -0.2) is 0 Å². The van der Waals surface area contributed by atoms with Gasteiger partial charge in [-0.1, -0.05) is 20.3 Å². The number of nitrogens with two attached hydrogens (primary N) is 1. The Balaban J connectivity index is 2.17. The van der Waals surface area contributed by atoms with Crippen molar-refractivity contribution in [2.75, 3.05) is 24.3 Å². The van der Waals surface area contributed by atoms with Crippen molar-refractivity contribution in [3.05, 3.63) is 12.1 Å². The second-order valence-electron chi connectivity index (χ2n) is 4.62. The fourth-order valence-electron chi connectivity index (χ4n) is 2.18. The zero-order chi connectivity index (χ0) is 13.0. The molecular weight excluding hydrogens is 228 g/mol. The van der Waals surface area contributed by atoms with Crippen LogP contribution in [-0.2, 0) is 0 Å². The van der Waals surface area contributed by atoms with Crippen LogP contribution in [-0.4, -0.2) is 19.3 Å². The molecule has 0 saturated carbocycles. The molecule has 0 spiro atoms. The average Bonchev–Trinajstić information content (AvgIpc) is 2.39. The Morgan fingerprint density at radius 3 is 2.50 bits per heavy atom. The Labute approximate surface area is 108 Å². The van der Waals surface area contributed by atoms with Gasteiger partial charge in [0.1, 0.15) is 13.2 Å². The summed E-state index contributed by atoms with van der Waals surface area (Å²) < 4.78 is 11.1. The topological polar surface area (TPSA) is 56.5 Å². The summed E-state index contributed by atoms with van der Waals surface area (Å²) in [5.41, 5.74) is 7.71. The van der Waals surface area contributed by atoms with Crippen LogP contribution >= 0.6 is 0 Å². The summed E-state index contributed by atoms with van der Waals surface area (Å²) in [6.45, 7) is 5.56. The summed E-state index contributed by atoms with van der Waals surface area (Å²) >= 11 is 0. The summed E-state index contributed by atoms with van der Waals surface area (Å²) in [5, 5.41) is 3.49. The molecule has 0 amide bonds. The minimum absolute atomic E-state index is 0.458. The molecule has 100 valence electrons. The molecule has 1 heterocycles. The van der Waals surface area contributed by atoms with E-state index in [1.807, 2.05) is 12.1 Å². The van der Waals surface area contributed by atoms with Gasteiger partial charge in [-0.05, 0) is 12.8 Å². The number of nitrogen functional groups attached to an aromatic ring is 1. The number of hydrogen-bond donors (Lipinski definition) is 2. The van der Waals surface area contributed by atoms with Gasteiger partial charge >= 0.3 is 0 Å². The first-order chi connectivity index (χ1) is 8.74. The van der Waals surface area contributed by atoms with Crippen molar-refractivity contribution < 1.29 is 9.47 Å². The fourth-order valence-corrected chi connectivity index (χ4v) is 2.18. The summed E-state index contributed by atoms with van der Waals surface area (Å²) in [6.07, 6.45) is 3.39. The number of anilines is 2. The molecule has 1 atom stereocenters. The molecule has 0 aliphatic carbocycles. The smallest absolute Gasteiger partial charge is 0.163 e. The third-order valence-corrected chi connectivity index (χ3v) is 3.20. The van der Waals surface area contributed by atoms with Gasteiger partial charge in [0.2, 0.25) is 0 Å². The van der Waals surface area contributed by atoms with E-state index < -0.39 is 0 Å². The Kier molecular flexibility index (Phi) is 4.18. The molecular formula is C14H22N2O2. The standard InChI is InChI=1S/C14H22N2O2/c1-3-5-10(4-2)16-12-9-14-13(8-11(12)15)17-6-7-18-14/h8-10,16H,3-7,15H2,1-2H3. The lowest BCUT2D eigenvalue weighted by atomic mass is 10.1. The van der Waals surface area contributed by atoms with Crippen LogP contribution < -0.4 is 20.5 Å². The number of fused-ring (bicyclic) bond motifs is 1. The highest BCUT2D eigenvalue weighted by Crippen LogP contribution is 2.37. The predicted octanol–water partition coefficient (Wildman–Crippen LogP) is 3.03. The second-order valence-corrected chi connectivity index (χ2v) is 4.62. The van der Waals surface area contributed by atoms with Gasteiger partial charge in [-0.15, -0.1) is 0 Å². The maximum Gasteiger partial charge on any atom is 0.163 e. The molecule has 0 radical (unpaired) electrons. The Hall–Kier alpha value is -1.58. The molecule has 0 bridgehead atoms. The van der Waals surface area contributed by atoms with E-state index in [0.717, 1.165) is 36.4 Å². The van der Waals surface area contributed by atoms with Crippen LogP contribution in [0.15, 0.2) is 12.1 Å². The van der Waals surface area contributed by atoms with Gasteiger partial charge in [0, 0.05) is 18.2 Å². The molecule has 2 rings (SSSR count). The van der Waals surface area contributed by atoms with E-state index in [1.165, 1.54) is 0 Å². The number of hydrogen-bond acceptors (Lipinski definition) is 4. The number of rotatable bonds is 5. The highest BCUT2D eigenvalue weighted by Gasteiger charge is 2.16. The highest BCUT2D eigenvalue weighted by molar-refractivity contribution is 5.72. The van der Waals surface area contributed by atoms with Gasteiger partial charge in [0.25, 0.3) is 0 Å². The first-order valence-corrected chi connectivity index (χ1v) is 6.70. The van der Waals surface area contributed by atoms with E-state index in [-0.39, 0.29) is 0 Å². The van der Waals surface area contributed by atoms with E-state index >= 15 is 0 Å². The fraction of sp³-hybridized carbons (Fsp3) is 0.571. The van der Waals surface area contributed by atoms with Crippen LogP contribution in [0, 0.1) is 0 Å². The lowest BCUT2D eigenvalue weighted by molar-refractivity contribution is 0.172. The summed E-state index contributed by atoms with van der Waals surface area (Å²) in [5.74, 6) is 1.53. The van der Waals surface area contributed by atoms with E-state index in [9.17, 15) is 0 Å². The normalized spacial score (nSPS) is 15.2. The SMILES string of the molecule is CCCC(CC)Nc1cc2c(cc1N)OCCO2. The molecule has 1 unspecified atom stereocenters. The summed E-state index contributed by atoms with van der Waals surface area (Å²) in [7, 11) is 0.